The van der Waals surface area contributed by atoms with Gasteiger partial charge in [-0.2, -0.15) is 0 Å². The van der Waals surface area contributed by atoms with Gasteiger partial charge < -0.3 is 0 Å². The number of alkyl halides is 1. The normalized spacial score (nSPS) is 23.1. The van der Waals surface area contributed by atoms with Crippen LogP contribution in [0.5, 0.6) is 0 Å². The van der Waals surface area contributed by atoms with E-state index in [4.69, 9.17) is 18.0 Å². The predicted molar refractivity (Wildman–Crippen MR) is 58.9 cm³/mol. The van der Waals surface area contributed by atoms with Crippen molar-refractivity contribution in [3.63, 3.8) is 0 Å². The minimum atomic E-state index is 0.267. The van der Waals surface area contributed by atoms with Crippen LogP contribution in [0, 0.1) is 12.3 Å². The van der Waals surface area contributed by atoms with Gasteiger partial charge in [-0.15, -0.1) is 23.9 Å². The van der Waals surface area contributed by atoms with Gasteiger partial charge in [-0.1, -0.05) is 18.1 Å². The van der Waals surface area contributed by atoms with E-state index < -0.39 is 0 Å². The highest BCUT2D eigenvalue weighted by atomic mass is 35.5. The van der Waals surface area contributed by atoms with E-state index in [1.165, 1.54) is 24.8 Å². The SMILES string of the molecule is C#CCCCC1=CC(Cl)CCCC1. The molecule has 0 saturated heterocycles. The van der Waals surface area contributed by atoms with Gasteiger partial charge in [0.15, 0.2) is 0 Å². The summed E-state index contributed by atoms with van der Waals surface area (Å²) in [6.07, 6.45) is 15.5. The van der Waals surface area contributed by atoms with Crippen molar-refractivity contribution in [3.8, 4) is 12.3 Å². The zero-order chi connectivity index (χ0) is 9.52. The van der Waals surface area contributed by atoms with Gasteiger partial charge in [-0.25, -0.2) is 0 Å². The fourth-order valence-corrected chi connectivity index (χ4v) is 2.07. The molecule has 1 atom stereocenters. The largest absolute Gasteiger partial charge is 0.120 e. The molecule has 0 aromatic rings. The number of rotatable bonds is 3. The maximum absolute atomic E-state index is 6.11. The highest BCUT2D eigenvalue weighted by Gasteiger charge is 2.08. The first-order valence-electron chi connectivity index (χ1n) is 5.10. The lowest BCUT2D eigenvalue weighted by Gasteiger charge is -2.03. The first-order chi connectivity index (χ1) is 6.33. The standard InChI is InChI=1S/C12H17Cl/c1-2-3-4-7-11-8-5-6-9-12(13)10-11/h1,10,12H,3-9H2. The minimum absolute atomic E-state index is 0.267. The molecule has 0 fully saturated rings. The van der Waals surface area contributed by atoms with E-state index in [0.29, 0.717) is 0 Å². The molecule has 1 heteroatoms. The van der Waals surface area contributed by atoms with Gasteiger partial charge in [0.25, 0.3) is 0 Å². The Hall–Kier alpha value is -0.410. The molecule has 0 N–H and O–H groups in total. The molecule has 0 amide bonds. The van der Waals surface area contributed by atoms with Crippen molar-refractivity contribution in [3.05, 3.63) is 11.6 Å². The summed E-state index contributed by atoms with van der Waals surface area (Å²) < 4.78 is 0. The van der Waals surface area contributed by atoms with Crippen LogP contribution in [0.1, 0.15) is 44.9 Å². The van der Waals surface area contributed by atoms with Crippen molar-refractivity contribution in [2.24, 2.45) is 0 Å². The predicted octanol–water partition coefficient (Wildman–Crippen LogP) is 3.90. The fourth-order valence-electron chi connectivity index (χ4n) is 1.74. The smallest absolute Gasteiger partial charge is 0.0518 e. The fraction of sp³-hybridized carbons (Fsp3) is 0.667. The number of unbranched alkanes of at least 4 members (excludes halogenated alkanes) is 1. The lowest BCUT2D eigenvalue weighted by atomic mass is 10.0. The summed E-state index contributed by atoms with van der Waals surface area (Å²) in [6, 6.07) is 0. The van der Waals surface area contributed by atoms with Gasteiger partial charge in [-0.3, -0.25) is 0 Å². The summed E-state index contributed by atoms with van der Waals surface area (Å²) in [4.78, 5) is 0. The summed E-state index contributed by atoms with van der Waals surface area (Å²) in [5, 5.41) is 0.267. The van der Waals surface area contributed by atoms with Gasteiger partial charge >= 0.3 is 0 Å². The van der Waals surface area contributed by atoms with Crippen LogP contribution in [-0.2, 0) is 0 Å². The first kappa shape index (κ1) is 10.7. The number of terminal acetylenes is 1. The third kappa shape index (κ3) is 4.39. The second-order valence-corrected chi connectivity index (χ2v) is 4.20. The van der Waals surface area contributed by atoms with Crippen molar-refractivity contribution in [2.45, 2.75) is 50.3 Å². The molecule has 0 aliphatic heterocycles. The van der Waals surface area contributed by atoms with Gasteiger partial charge in [0.2, 0.25) is 0 Å². The Bertz CT molecular complexity index is 210. The van der Waals surface area contributed by atoms with Crippen LogP contribution in [0.3, 0.4) is 0 Å². The van der Waals surface area contributed by atoms with E-state index >= 15 is 0 Å². The Morgan fingerprint density at radius 3 is 3.15 bits per heavy atom. The molecule has 0 saturated carbocycles. The van der Waals surface area contributed by atoms with Crippen LogP contribution in [0.2, 0.25) is 0 Å². The molecule has 1 unspecified atom stereocenters. The molecule has 0 radical (unpaired) electrons. The summed E-state index contributed by atoms with van der Waals surface area (Å²) in [5.41, 5.74) is 1.52. The summed E-state index contributed by atoms with van der Waals surface area (Å²) in [6.45, 7) is 0. The second-order valence-electron chi connectivity index (χ2n) is 3.64. The molecule has 13 heavy (non-hydrogen) atoms. The van der Waals surface area contributed by atoms with E-state index in [1.54, 1.807) is 0 Å². The molecule has 1 rings (SSSR count). The Morgan fingerprint density at radius 1 is 1.54 bits per heavy atom. The molecule has 0 heterocycles. The Kier molecular flexibility index (Phi) is 5.01. The van der Waals surface area contributed by atoms with E-state index in [2.05, 4.69) is 12.0 Å². The van der Waals surface area contributed by atoms with Crippen molar-refractivity contribution in [2.75, 3.05) is 0 Å². The average molecular weight is 197 g/mol. The van der Waals surface area contributed by atoms with E-state index in [-0.39, 0.29) is 5.38 Å². The topological polar surface area (TPSA) is 0 Å². The van der Waals surface area contributed by atoms with Crippen LogP contribution in [-0.4, -0.2) is 5.38 Å². The van der Waals surface area contributed by atoms with Crippen molar-refractivity contribution in [1.29, 1.82) is 0 Å². The maximum atomic E-state index is 6.11. The van der Waals surface area contributed by atoms with Crippen molar-refractivity contribution < 1.29 is 0 Å². The van der Waals surface area contributed by atoms with E-state index in [0.717, 1.165) is 25.7 Å². The molecule has 1 aliphatic carbocycles. The number of allylic oxidation sites excluding steroid dienone is 2. The molecule has 1 aliphatic rings. The highest BCUT2D eigenvalue weighted by molar-refractivity contribution is 6.21. The van der Waals surface area contributed by atoms with E-state index in [1.807, 2.05) is 0 Å². The molecular formula is C12H17Cl. The van der Waals surface area contributed by atoms with Crippen molar-refractivity contribution in [1.82, 2.24) is 0 Å². The highest BCUT2D eigenvalue weighted by Crippen LogP contribution is 2.24. The van der Waals surface area contributed by atoms with Crippen LogP contribution < -0.4 is 0 Å². The zero-order valence-electron chi connectivity index (χ0n) is 8.06. The number of hydrogen-bond donors (Lipinski definition) is 0. The average Bonchev–Trinajstić information content (AvgIpc) is 2.31. The van der Waals surface area contributed by atoms with Gasteiger partial charge in [0.1, 0.15) is 0 Å². The van der Waals surface area contributed by atoms with Gasteiger partial charge in [0.05, 0.1) is 5.38 Å². The third-order valence-electron chi connectivity index (χ3n) is 2.46. The van der Waals surface area contributed by atoms with E-state index in [9.17, 15) is 0 Å². The molecular weight excluding hydrogens is 180 g/mol. The summed E-state index contributed by atoms with van der Waals surface area (Å²) in [7, 11) is 0. The summed E-state index contributed by atoms with van der Waals surface area (Å²) in [5.74, 6) is 2.67. The van der Waals surface area contributed by atoms with Crippen LogP contribution in [0.25, 0.3) is 0 Å². The van der Waals surface area contributed by atoms with Crippen LogP contribution >= 0.6 is 11.6 Å². The van der Waals surface area contributed by atoms with Crippen LogP contribution in [0.15, 0.2) is 11.6 Å². The minimum Gasteiger partial charge on any atom is -0.120 e. The zero-order valence-corrected chi connectivity index (χ0v) is 8.82. The Balaban J connectivity index is 2.33. The number of hydrogen-bond acceptors (Lipinski definition) is 0. The lowest BCUT2D eigenvalue weighted by molar-refractivity contribution is 0.698. The maximum Gasteiger partial charge on any atom is 0.0518 e. The molecule has 0 aromatic heterocycles. The molecule has 0 bridgehead atoms. The Morgan fingerprint density at radius 2 is 2.38 bits per heavy atom. The quantitative estimate of drug-likeness (QED) is 0.278. The first-order valence-corrected chi connectivity index (χ1v) is 5.53. The Labute approximate surface area is 86.4 Å². The molecule has 0 spiro atoms. The number of halogens is 1. The lowest BCUT2D eigenvalue weighted by Crippen LogP contribution is -1.91. The molecule has 0 nitrogen and oxygen atoms in total. The molecule has 0 aromatic carbocycles. The third-order valence-corrected chi connectivity index (χ3v) is 2.81. The van der Waals surface area contributed by atoms with Gasteiger partial charge in [0, 0.05) is 6.42 Å². The van der Waals surface area contributed by atoms with Gasteiger partial charge in [-0.05, 0) is 32.1 Å². The second kappa shape index (κ2) is 6.11. The monoisotopic (exact) mass is 196 g/mol. The summed E-state index contributed by atoms with van der Waals surface area (Å²) >= 11 is 6.11. The van der Waals surface area contributed by atoms with Crippen LogP contribution in [0.4, 0.5) is 0 Å². The molecule has 72 valence electrons. The van der Waals surface area contributed by atoms with Crippen molar-refractivity contribution >= 4 is 11.6 Å².